The first-order valence-electron chi connectivity index (χ1n) is 6.86. The third-order valence-corrected chi connectivity index (χ3v) is 3.42. The largest absolute Gasteiger partial charge is 0.396 e. The van der Waals surface area contributed by atoms with Crippen LogP contribution < -0.4 is 5.32 Å². The maximum Gasteiger partial charge on any atom is 0.317 e. The van der Waals surface area contributed by atoms with Crippen LogP contribution in [-0.2, 0) is 0 Å². The SMILES string of the molecule is CC(CCCO)NC(=O)N(C)C(C)c1ccccc1F. The van der Waals surface area contributed by atoms with E-state index in [9.17, 15) is 9.18 Å². The van der Waals surface area contributed by atoms with E-state index in [1.807, 2.05) is 6.92 Å². The minimum Gasteiger partial charge on any atom is -0.396 e. The van der Waals surface area contributed by atoms with E-state index >= 15 is 0 Å². The molecule has 1 aromatic rings. The Morgan fingerprint density at radius 3 is 2.65 bits per heavy atom. The number of hydrogen-bond acceptors (Lipinski definition) is 2. The predicted molar refractivity (Wildman–Crippen MR) is 76.9 cm³/mol. The van der Waals surface area contributed by atoms with Crippen molar-refractivity contribution in [3.63, 3.8) is 0 Å². The van der Waals surface area contributed by atoms with Crippen molar-refractivity contribution in [1.82, 2.24) is 10.2 Å². The summed E-state index contributed by atoms with van der Waals surface area (Å²) in [6, 6.07) is 5.84. The quantitative estimate of drug-likeness (QED) is 0.843. The Morgan fingerprint density at radius 1 is 1.40 bits per heavy atom. The molecule has 0 radical (unpaired) electrons. The molecule has 2 unspecified atom stereocenters. The monoisotopic (exact) mass is 282 g/mol. The predicted octanol–water partition coefficient (Wildman–Crippen LogP) is 2.69. The Hall–Kier alpha value is -1.62. The summed E-state index contributed by atoms with van der Waals surface area (Å²) in [7, 11) is 1.64. The van der Waals surface area contributed by atoms with Crippen molar-refractivity contribution < 1.29 is 14.3 Å². The second kappa shape index (κ2) is 7.85. The fraction of sp³-hybridized carbons (Fsp3) is 0.533. The Bertz CT molecular complexity index is 440. The Morgan fingerprint density at radius 2 is 2.05 bits per heavy atom. The summed E-state index contributed by atoms with van der Waals surface area (Å²) in [5.41, 5.74) is 0.494. The fourth-order valence-corrected chi connectivity index (χ4v) is 1.98. The molecule has 1 rings (SSSR count). The molecule has 0 aliphatic heterocycles. The average Bonchev–Trinajstić information content (AvgIpc) is 2.44. The van der Waals surface area contributed by atoms with Gasteiger partial charge < -0.3 is 15.3 Å². The van der Waals surface area contributed by atoms with Crippen molar-refractivity contribution in [3.05, 3.63) is 35.6 Å². The van der Waals surface area contributed by atoms with Gasteiger partial charge in [0.1, 0.15) is 5.82 Å². The zero-order valence-electron chi connectivity index (χ0n) is 12.3. The summed E-state index contributed by atoms with van der Waals surface area (Å²) in [5, 5.41) is 11.6. The smallest absolute Gasteiger partial charge is 0.317 e. The van der Waals surface area contributed by atoms with Crippen molar-refractivity contribution in [2.24, 2.45) is 0 Å². The molecule has 0 saturated carbocycles. The van der Waals surface area contributed by atoms with E-state index in [0.717, 1.165) is 0 Å². The van der Waals surface area contributed by atoms with Gasteiger partial charge in [0.2, 0.25) is 0 Å². The molecule has 4 nitrogen and oxygen atoms in total. The molecule has 0 aliphatic rings. The number of halogens is 1. The van der Waals surface area contributed by atoms with Crippen LogP contribution in [0.15, 0.2) is 24.3 Å². The normalized spacial score (nSPS) is 13.7. The number of rotatable bonds is 6. The highest BCUT2D eigenvalue weighted by Crippen LogP contribution is 2.21. The summed E-state index contributed by atoms with van der Waals surface area (Å²) in [5.74, 6) is -0.312. The molecule has 2 amide bonds. The van der Waals surface area contributed by atoms with Crippen molar-refractivity contribution in [2.45, 2.75) is 38.8 Å². The first-order valence-corrected chi connectivity index (χ1v) is 6.86. The van der Waals surface area contributed by atoms with Crippen molar-refractivity contribution in [2.75, 3.05) is 13.7 Å². The number of hydrogen-bond donors (Lipinski definition) is 2. The first kappa shape index (κ1) is 16.4. The molecule has 112 valence electrons. The molecule has 0 heterocycles. The van der Waals surface area contributed by atoms with E-state index < -0.39 is 0 Å². The van der Waals surface area contributed by atoms with Crippen LogP contribution in [0.5, 0.6) is 0 Å². The van der Waals surface area contributed by atoms with E-state index in [1.54, 1.807) is 32.2 Å². The Kier molecular flexibility index (Phi) is 6.45. The molecule has 5 heteroatoms. The highest BCUT2D eigenvalue weighted by Gasteiger charge is 2.20. The summed E-state index contributed by atoms with van der Waals surface area (Å²) < 4.78 is 13.7. The molecule has 20 heavy (non-hydrogen) atoms. The standard InChI is InChI=1S/C15H23FN2O2/c1-11(7-6-10-19)17-15(20)18(3)12(2)13-8-4-5-9-14(13)16/h4-5,8-9,11-12,19H,6-7,10H2,1-3H3,(H,17,20). The molecule has 0 bridgehead atoms. The zero-order chi connectivity index (χ0) is 15.1. The molecule has 2 N–H and O–H groups in total. The van der Waals surface area contributed by atoms with Crippen LogP contribution >= 0.6 is 0 Å². The van der Waals surface area contributed by atoms with Crippen molar-refractivity contribution in [1.29, 1.82) is 0 Å². The van der Waals surface area contributed by atoms with E-state index in [0.29, 0.717) is 18.4 Å². The van der Waals surface area contributed by atoms with Gasteiger partial charge in [-0.15, -0.1) is 0 Å². The van der Waals surface area contributed by atoms with Gasteiger partial charge in [-0.2, -0.15) is 0 Å². The van der Waals surface area contributed by atoms with Crippen molar-refractivity contribution >= 4 is 6.03 Å². The highest BCUT2D eigenvalue weighted by atomic mass is 19.1. The first-order chi connectivity index (χ1) is 9.47. The number of nitrogens with one attached hydrogen (secondary N) is 1. The van der Waals surface area contributed by atoms with Gasteiger partial charge in [0, 0.05) is 25.3 Å². The van der Waals surface area contributed by atoms with Crippen LogP contribution in [0.25, 0.3) is 0 Å². The Balaban J connectivity index is 2.62. The summed E-state index contributed by atoms with van der Waals surface area (Å²) in [4.78, 5) is 13.6. The minimum atomic E-state index is -0.346. The maximum absolute atomic E-state index is 13.7. The lowest BCUT2D eigenvalue weighted by molar-refractivity contribution is 0.188. The van der Waals surface area contributed by atoms with E-state index in [1.165, 1.54) is 11.0 Å². The number of benzene rings is 1. The average molecular weight is 282 g/mol. The lowest BCUT2D eigenvalue weighted by atomic mass is 10.1. The number of carbonyl (C=O) groups excluding carboxylic acids is 1. The molecule has 0 spiro atoms. The van der Waals surface area contributed by atoms with E-state index in [4.69, 9.17) is 5.11 Å². The maximum atomic E-state index is 13.7. The summed E-state index contributed by atoms with van der Waals surface area (Å²) in [6.07, 6.45) is 1.36. The molecule has 0 saturated heterocycles. The molecular formula is C15H23FN2O2. The van der Waals surface area contributed by atoms with Gasteiger partial charge in [-0.1, -0.05) is 18.2 Å². The topological polar surface area (TPSA) is 52.6 Å². The number of amides is 2. The fourth-order valence-electron chi connectivity index (χ4n) is 1.98. The molecule has 0 aromatic heterocycles. The van der Waals surface area contributed by atoms with Gasteiger partial charge in [0.05, 0.1) is 6.04 Å². The Labute approximate surface area is 119 Å². The highest BCUT2D eigenvalue weighted by molar-refractivity contribution is 5.74. The summed E-state index contributed by atoms with van der Waals surface area (Å²) >= 11 is 0. The number of carbonyl (C=O) groups is 1. The lowest BCUT2D eigenvalue weighted by Gasteiger charge is -2.27. The van der Waals surface area contributed by atoms with Crippen LogP contribution in [-0.4, -0.2) is 35.7 Å². The molecule has 0 aliphatic carbocycles. The van der Waals surface area contributed by atoms with Crippen molar-refractivity contribution in [3.8, 4) is 0 Å². The third-order valence-electron chi connectivity index (χ3n) is 3.42. The van der Waals surface area contributed by atoms with Gasteiger partial charge in [0.25, 0.3) is 0 Å². The van der Waals surface area contributed by atoms with Gasteiger partial charge >= 0.3 is 6.03 Å². The van der Waals surface area contributed by atoms with Crippen LogP contribution in [0.3, 0.4) is 0 Å². The third kappa shape index (κ3) is 4.49. The number of aliphatic hydroxyl groups excluding tert-OH is 1. The second-order valence-electron chi connectivity index (χ2n) is 5.02. The van der Waals surface area contributed by atoms with Crippen LogP contribution in [0, 0.1) is 5.82 Å². The minimum absolute atomic E-state index is 0.0232. The second-order valence-corrected chi connectivity index (χ2v) is 5.02. The van der Waals surface area contributed by atoms with E-state index in [-0.39, 0.29) is 30.5 Å². The number of urea groups is 1. The van der Waals surface area contributed by atoms with Crippen LogP contribution in [0.4, 0.5) is 9.18 Å². The molecule has 1 aromatic carbocycles. The number of aliphatic hydroxyl groups is 1. The van der Waals surface area contributed by atoms with E-state index in [2.05, 4.69) is 5.32 Å². The number of nitrogens with zero attached hydrogens (tertiary/aromatic N) is 1. The van der Waals surface area contributed by atoms with Gasteiger partial charge in [-0.25, -0.2) is 9.18 Å². The molecular weight excluding hydrogens is 259 g/mol. The van der Waals surface area contributed by atoms with Crippen LogP contribution in [0.2, 0.25) is 0 Å². The molecule has 0 fully saturated rings. The zero-order valence-corrected chi connectivity index (χ0v) is 12.3. The van der Waals surface area contributed by atoms with Gasteiger partial charge in [-0.3, -0.25) is 0 Å². The summed E-state index contributed by atoms with van der Waals surface area (Å²) in [6.45, 7) is 3.78. The lowest BCUT2D eigenvalue weighted by Crippen LogP contribution is -2.43. The van der Waals surface area contributed by atoms with Gasteiger partial charge in [-0.05, 0) is 32.8 Å². The molecule has 2 atom stereocenters. The van der Waals surface area contributed by atoms with Crippen LogP contribution in [0.1, 0.15) is 38.3 Å². The van der Waals surface area contributed by atoms with Gasteiger partial charge in [0.15, 0.2) is 0 Å².